The molecule has 1 aliphatic rings. The van der Waals surface area contributed by atoms with Crippen molar-refractivity contribution in [1.82, 2.24) is 15.0 Å². The molecule has 1 aromatic heterocycles. The Kier molecular flexibility index (Phi) is 4.62. The highest BCUT2D eigenvalue weighted by atomic mass is 19.4. The van der Waals surface area contributed by atoms with E-state index in [1.165, 1.54) is 12.1 Å². The number of halogens is 3. The Morgan fingerprint density at radius 3 is 2.60 bits per heavy atom. The predicted octanol–water partition coefficient (Wildman–Crippen LogP) is 2.31. The maximum atomic E-state index is 12.1. The second-order valence-electron chi connectivity index (χ2n) is 5.69. The van der Waals surface area contributed by atoms with Gasteiger partial charge in [0.1, 0.15) is 5.75 Å². The Labute approximate surface area is 140 Å². The van der Waals surface area contributed by atoms with Gasteiger partial charge in [0.15, 0.2) is 5.82 Å². The molecule has 3 rings (SSSR count). The minimum absolute atomic E-state index is 0.118. The molecule has 1 saturated heterocycles. The standard InChI is InChI=1S/C15H15F3N4O3/c1-9-19-14(25-21-9)10-6-22(7-10)8-13(23)20-11-2-4-12(5-3-11)24-15(16,17)18/h2-5,10H,6-8H2,1H3,(H,20,23). The van der Waals surface area contributed by atoms with E-state index in [1.807, 2.05) is 4.90 Å². The lowest BCUT2D eigenvalue weighted by Gasteiger charge is -2.36. The van der Waals surface area contributed by atoms with Gasteiger partial charge in [-0.15, -0.1) is 13.2 Å². The molecule has 7 nitrogen and oxygen atoms in total. The summed E-state index contributed by atoms with van der Waals surface area (Å²) in [4.78, 5) is 18.0. The fourth-order valence-electron chi connectivity index (χ4n) is 2.48. The quantitative estimate of drug-likeness (QED) is 0.886. The lowest BCUT2D eigenvalue weighted by Crippen LogP contribution is -2.48. The summed E-state index contributed by atoms with van der Waals surface area (Å²) in [5.74, 6) is 0.655. The van der Waals surface area contributed by atoms with Crippen LogP contribution in [0.4, 0.5) is 18.9 Å². The van der Waals surface area contributed by atoms with Gasteiger partial charge in [0, 0.05) is 18.8 Å². The summed E-state index contributed by atoms with van der Waals surface area (Å²) < 4.78 is 45.1. The summed E-state index contributed by atoms with van der Waals surface area (Å²) in [6, 6.07) is 4.97. The maximum absolute atomic E-state index is 12.1. The Balaban J connectivity index is 1.44. The fraction of sp³-hybridized carbons (Fsp3) is 0.400. The van der Waals surface area contributed by atoms with Gasteiger partial charge >= 0.3 is 6.36 Å². The van der Waals surface area contributed by atoms with Crippen LogP contribution in [0.2, 0.25) is 0 Å². The van der Waals surface area contributed by atoms with Crippen LogP contribution < -0.4 is 10.1 Å². The second-order valence-corrected chi connectivity index (χ2v) is 5.69. The number of carbonyl (C=O) groups excluding carboxylic acids is 1. The summed E-state index contributed by atoms with van der Waals surface area (Å²) in [6.45, 7) is 3.17. The largest absolute Gasteiger partial charge is 0.573 e. The highest BCUT2D eigenvalue weighted by Crippen LogP contribution is 2.26. The molecule has 1 fully saturated rings. The van der Waals surface area contributed by atoms with E-state index in [4.69, 9.17) is 4.52 Å². The number of carbonyl (C=O) groups is 1. The van der Waals surface area contributed by atoms with Crippen LogP contribution in [-0.2, 0) is 4.79 Å². The Hall–Kier alpha value is -2.62. The highest BCUT2D eigenvalue weighted by Gasteiger charge is 2.33. The number of aromatic nitrogens is 2. The average molecular weight is 356 g/mol. The van der Waals surface area contributed by atoms with E-state index in [1.54, 1.807) is 6.92 Å². The number of hydrogen-bond acceptors (Lipinski definition) is 6. The third kappa shape index (κ3) is 4.69. The number of rotatable bonds is 5. The number of benzene rings is 1. The maximum Gasteiger partial charge on any atom is 0.573 e. The Bertz CT molecular complexity index is 739. The van der Waals surface area contributed by atoms with E-state index in [0.717, 1.165) is 12.1 Å². The molecule has 0 spiro atoms. The zero-order chi connectivity index (χ0) is 18.0. The van der Waals surface area contributed by atoms with Gasteiger partial charge in [-0.05, 0) is 31.2 Å². The summed E-state index contributed by atoms with van der Waals surface area (Å²) in [6.07, 6.45) is -4.74. The summed E-state index contributed by atoms with van der Waals surface area (Å²) in [5.41, 5.74) is 0.393. The van der Waals surface area contributed by atoms with E-state index < -0.39 is 6.36 Å². The van der Waals surface area contributed by atoms with Crippen molar-refractivity contribution >= 4 is 11.6 Å². The molecule has 25 heavy (non-hydrogen) atoms. The molecular formula is C15H15F3N4O3. The first-order valence-electron chi connectivity index (χ1n) is 7.47. The molecule has 0 unspecified atom stereocenters. The molecule has 1 amide bonds. The highest BCUT2D eigenvalue weighted by molar-refractivity contribution is 5.92. The number of alkyl halides is 3. The van der Waals surface area contributed by atoms with Crippen LogP contribution in [0.15, 0.2) is 28.8 Å². The van der Waals surface area contributed by atoms with E-state index in [2.05, 4.69) is 20.2 Å². The van der Waals surface area contributed by atoms with Crippen molar-refractivity contribution in [3.8, 4) is 5.75 Å². The smallest absolute Gasteiger partial charge is 0.406 e. The van der Waals surface area contributed by atoms with Gasteiger partial charge in [-0.1, -0.05) is 5.16 Å². The number of amides is 1. The van der Waals surface area contributed by atoms with Crippen LogP contribution in [0.25, 0.3) is 0 Å². The van der Waals surface area contributed by atoms with Crippen molar-refractivity contribution in [2.75, 3.05) is 25.0 Å². The van der Waals surface area contributed by atoms with Crippen molar-refractivity contribution < 1.29 is 27.2 Å². The molecule has 1 aliphatic heterocycles. The number of nitrogens with one attached hydrogen (secondary N) is 1. The molecule has 0 saturated carbocycles. The number of anilines is 1. The fourth-order valence-corrected chi connectivity index (χ4v) is 2.48. The second kappa shape index (κ2) is 6.71. The minimum atomic E-state index is -4.74. The van der Waals surface area contributed by atoms with Crippen LogP contribution in [0.1, 0.15) is 17.6 Å². The van der Waals surface area contributed by atoms with E-state index >= 15 is 0 Å². The van der Waals surface area contributed by atoms with Crippen molar-refractivity contribution in [3.63, 3.8) is 0 Å². The lowest BCUT2D eigenvalue weighted by atomic mass is 10.0. The van der Waals surface area contributed by atoms with Crippen molar-refractivity contribution in [2.45, 2.75) is 19.2 Å². The molecule has 2 heterocycles. The number of nitrogens with zero attached hydrogens (tertiary/aromatic N) is 3. The Morgan fingerprint density at radius 2 is 2.04 bits per heavy atom. The zero-order valence-electron chi connectivity index (χ0n) is 13.2. The first-order valence-corrected chi connectivity index (χ1v) is 7.47. The molecule has 0 bridgehead atoms. The van der Waals surface area contributed by atoms with E-state index in [9.17, 15) is 18.0 Å². The minimum Gasteiger partial charge on any atom is -0.406 e. The van der Waals surface area contributed by atoms with Crippen LogP contribution in [0, 0.1) is 6.92 Å². The van der Waals surface area contributed by atoms with Gasteiger partial charge in [-0.25, -0.2) is 0 Å². The van der Waals surface area contributed by atoms with Crippen LogP contribution in [0.5, 0.6) is 5.75 Å². The third-order valence-corrected chi connectivity index (χ3v) is 3.59. The first kappa shape index (κ1) is 17.2. The topological polar surface area (TPSA) is 80.5 Å². The van der Waals surface area contributed by atoms with Crippen molar-refractivity contribution in [3.05, 3.63) is 36.0 Å². The number of aryl methyl sites for hydroxylation is 1. The Morgan fingerprint density at radius 1 is 1.36 bits per heavy atom. The number of likely N-dealkylation sites (tertiary alicyclic amines) is 1. The molecule has 10 heteroatoms. The zero-order valence-corrected chi connectivity index (χ0v) is 13.2. The van der Waals surface area contributed by atoms with Gasteiger partial charge < -0.3 is 14.6 Å². The molecule has 0 radical (unpaired) electrons. The first-order chi connectivity index (χ1) is 11.8. The molecule has 0 atom stereocenters. The molecule has 134 valence electrons. The van der Waals surface area contributed by atoms with Gasteiger partial charge in [0.25, 0.3) is 0 Å². The van der Waals surface area contributed by atoms with Crippen LogP contribution >= 0.6 is 0 Å². The monoisotopic (exact) mass is 356 g/mol. The average Bonchev–Trinajstić information content (AvgIpc) is 2.89. The molecule has 1 N–H and O–H groups in total. The lowest BCUT2D eigenvalue weighted by molar-refractivity contribution is -0.274. The van der Waals surface area contributed by atoms with Crippen LogP contribution in [-0.4, -0.2) is 46.9 Å². The SMILES string of the molecule is Cc1noc(C2CN(CC(=O)Nc3ccc(OC(F)(F)F)cc3)C2)n1. The summed E-state index contributed by atoms with van der Waals surface area (Å²) >= 11 is 0. The third-order valence-electron chi connectivity index (χ3n) is 3.59. The molecule has 1 aromatic carbocycles. The molecule has 2 aromatic rings. The molecular weight excluding hydrogens is 341 g/mol. The van der Waals surface area contributed by atoms with E-state index in [0.29, 0.717) is 30.5 Å². The predicted molar refractivity (Wildman–Crippen MR) is 80.0 cm³/mol. The summed E-state index contributed by atoms with van der Waals surface area (Å²) in [7, 11) is 0. The van der Waals surface area contributed by atoms with Crippen molar-refractivity contribution in [1.29, 1.82) is 0 Å². The van der Waals surface area contributed by atoms with Gasteiger partial charge in [0.05, 0.1) is 12.5 Å². The van der Waals surface area contributed by atoms with Crippen LogP contribution in [0.3, 0.4) is 0 Å². The van der Waals surface area contributed by atoms with Gasteiger partial charge in [0.2, 0.25) is 11.8 Å². The molecule has 0 aliphatic carbocycles. The van der Waals surface area contributed by atoms with Gasteiger partial charge in [-0.2, -0.15) is 4.98 Å². The number of ether oxygens (including phenoxy) is 1. The summed E-state index contributed by atoms with van der Waals surface area (Å²) in [5, 5.41) is 6.35. The van der Waals surface area contributed by atoms with Gasteiger partial charge in [-0.3, -0.25) is 9.69 Å². The van der Waals surface area contributed by atoms with Crippen molar-refractivity contribution in [2.24, 2.45) is 0 Å². The van der Waals surface area contributed by atoms with E-state index in [-0.39, 0.29) is 24.1 Å². The normalized spacial score (nSPS) is 15.7. The number of hydrogen-bond donors (Lipinski definition) is 1.